The predicted octanol–water partition coefficient (Wildman–Crippen LogP) is 14.0. The molecule has 0 aliphatic carbocycles. The highest BCUT2D eigenvalue weighted by Crippen LogP contribution is 2.35. The maximum absolute atomic E-state index is 5.93. The molecule has 6 fully saturated rings. The number of unbranched alkanes of at least 4 members (excludes halogenated alkanes) is 27. The molecule has 54 heavy (non-hydrogen) atoms. The van der Waals surface area contributed by atoms with Crippen LogP contribution in [0.2, 0.25) is 0 Å². The van der Waals surface area contributed by atoms with Crippen LogP contribution in [0.4, 0.5) is 0 Å². The summed E-state index contributed by atoms with van der Waals surface area (Å²) in [5.74, 6) is 2.20. The van der Waals surface area contributed by atoms with E-state index in [1.54, 1.807) is 0 Å². The van der Waals surface area contributed by atoms with Crippen molar-refractivity contribution in [3.8, 4) is 0 Å². The van der Waals surface area contributed by atoms with E-state index in [9.17, 15) is 0 Å². The Morgan fingerprint density at radius 3 is 0.648 bits per heavy atom. The number of rotatable bonds is 39. The average Bonchev–Trinajstić information content (AvgIpc) is 3.21. The Labute approximate surface area is 339 Å². The topological polar surface area (TPSA) is 18.5 Å². The molecule has 6 heterocycles. The SMILES string of the molecule is C(CCCCCCOCCCCCCCCCCCC[N+]12CCC(CC1)CC2)CCCCCOCCCCCCCCCCCC[N+]12CCC(CC1)CC2. The smallest absolute Gasteiger partial charge is 0.0789 e. The summed E-state index contributed by atoms with van der Waals surface area (Å²) in [6.07, 6.45) is 51.6. The van der Waals surface area contributed by atoms with E-state index in [0.29, 0.717) is 0 Å². The van der Waals surface area contributed by atoms with E-state index in [-0.39, 0.29) is 0 Å². The number of ether oxygens (including phenoxy) is 2. The molecule has 0 amide bonds. The lowest BCUT2D eigenvalue weighted by Gasteiger charge is -2.49. The number of piperidine rings is 6. The van der Waals surface area contributed by atoms with Crippen LogP contribution in [0.5, 0.6) is 0 Å². The minimum absolute atomic E-state index is 0.989. The zero-order valence-electron chi connectivity index (χ0n) is 36.8. The lowest BCUT2D eigenvalue weighted by molar-refractivity contribution is -0.942. The first-order valence-corrected chi connectivity index (χ1v) is 25.6. The molecule has 0 aromatic heterocycles. The molecule has 0 spiro atoms. The summed E-state index contributed by atoms with van der Waals surface area (Å²) < 4.78 is 14.9. The Morgan fingerprint density at radius 2 is 0.426 bits per heavy atom. The van der Waals surface area contributed by atoms with Crippen LogP contribution in [-0.4, -0.2) is 87.8 Å². The molecular weight excluding hydrogens is 661 g/mol. The minimum atomic E-state index is 0.989. The summed E-state index contributed by atoms with van der Waals surface area (Å²) >= 11 is 0. The van der Waals surface area contributed by atoms with Crippen molar-refractivity contribution in [2.75, 3.05) is 78.8 Å². The molecular formula is C50H98N2O2+2. The summed E-state index contributed by atoms with van der Waals surface area (Å²) in [6, 6.07) is 0. The van der Waals surface area contributed by atoms with E-state index in [2.05, 4.69) is 0 Å². The van der Waals surface area contributed by atoms with Gasteiger partial charge in [0.15, 0.2) is 0 Å². The van der Waals surface area contributed by atoms with Gasteiger partial charge in [-0.1, -0.05) is 141 Å². The van der Waals surface area contributed by atoms with Gasteiger partial charge in [0.1, 0.15) is 0 Å². The van der Waals surface area contributed by atoms with Crippen molar-refractivity contribution in [3.05, 3.63) is 0 Å². The van der Waals surface area contributed by atoms with Crippen molar-refractivity contribution in [1.82, 2.24) is 0 Å². The normalized spacial score (nSPS) is 24.9. The molecule has 4 nitrogen and oxygen atoms in total. The lowest BCUT2D eigenvalue weighted by Crippen LogP contribution is -2.58. The molecule has 6 rings (SSSR count). The summed E-state index contributed by atoms with van der Waals surface area (Å²) in [5, 5.41) is 0. The van der Waals surface area contributed by atoms with Crippen molar-refractivity contribution in [2.45, 2.75) is 231 Å². The fourth-order valence-electron chi connectivity index (χ4n) is 11.1. The molecule has 0 aromatic carbocycles. The zero-order valence-corrected chi connectivity index (χ0v) is 36.8. The monoisotopic (exact) mass is 759 g/mol. The van der Waals surface area contributed by atoms with Crippen LogP contribution >= 0.6 is 0 Å². The van der Waals surface area contributed by atoms with Gasteiger partial charge < -0.3 is 18.4 Å². The zero-order chi connectivity index (χ0) is 37.5. The Balaban J connectivity index is 0.729. The van der Waals surface area contributed by atoms with Crippen LogP contribution in [0.15, 0.2) is 0 Å². The summed E-state index contributed by atoms with van der Waals surface area (Å²) in [4.78, 5) is 0. The Morgan fingerprint density at radius 1 is 0.241 bits per heavy atom. The number of nitrogens with zero attached hydrogens (tertiary/aromatic N) is 2. The van der Waals surface area contributed by atoms with Crippen molar-refractivity contribution in [2.24, 2.45) is 11.8 Å². The van der Waals surface area contributed by atoms with E-state index >= 15 is 0 Å². The first-order chi connectivity index (χ1) is 26.8. The number of hydrogen-bond acceptors (Lipinski definition) is 2. The van der Waals surface area contributed by atoms with E-state index in [1.807, 2.05) is 0 Å². The Hall–Kier alpha value is -0.160. The van der Waals surface area contributed by atoms with Crippen molar-refractivity contribution in [3.63, 3.8) is 0 Å². The third-order valence-corrected chi connectivity index (χ3v) is 15.2. The number of hydrogen-bond donors (Lipinski definition) is 0. The molecule has 4 bridgehead atoms. The Kier molecular flexibility index (Phi) is 26.6. The van der Waals surface area contributed by atoms with Crippen LogP contribution in [0.3, 0.4) is 0 Å². The minimum Gasteiger partial charge on any atom is -0.381 e. The first kappa shape index (κ1) is 46.5. The standard InChI is InChI=1S/C50H98N2O2/c1(7-13-19-25-37-51-39-31-49(32-40-51)33-41-51)3-9-15-21-27-45-53-47-29-23-17-11-5-6-12-18-24-30-48-54-46-28-22-16-10-4-2-8-14-20-26-38-52-42-34-50(35-43-52)36-44-52/h49-50H,1-48H2/q+2. The van der Waals surface area contributed by atoms with Crippen molar-refractivity contribution >= 4 is 0 Å². The summed E-state index contributed by atoms with van der Waals surface area (Å²) in [6.45, 7) is 16.0. The maximum Gasteiger partial charge on any atom is 0.0789 e. The molecule has 6 saturated heterocycles. The predicted molar refractivity (Wildman–Crippen MR) is 234 cm³/mol. The third-order valence-electron chi connectivity index (χ3n) is 15.2. The van der Waals surface area contributed by atoms with Gasteiger partial charge >= 0.3 is 0 Å². The van der Waals surface area contributed by atoms with Gasteiger partial charge in [0.05, 0.1) is 52.4 Å². The molecule has 0 aromatic rings. The van der Waals surface area contributed by atoms with Crippen LogP contribution < -0.4 is 0 Å². The highest BCUT2D eigenvalue weighted by Gasteiger charge is 2.39. The fourth-order valence-corrected chi connectivity index (χ4v) is 11.1. The molecule has 0 unspecified atom stereocenters. The Bertz CT molecular complexity index is 737. The third kappa shape index (κ3) is 21.6. The second-order valence-corrected chi connectivity index (χ2v) is 19.8. The summed E-state index contributed by atoms with van der Waals surface area (Å²) in [5.41, 5.74) is 0. The highest BCUT2D eigenvalue weighted by molar-refractivity contribution is 4.72. The maximum atomic E-state index is 5.93. The highest BCUT2D eigenvalue weighted by atomic mass is 16.5. The molecule has 4 heteroatoms. The van der Waals surface area contributed by atoms with Crippen LogP contribution in [0, 0.1) is 11.8 Å². The second-order valence-electron chi connectivity index (χ2n) is 19.8. The van der Waals surface area contributed by atoms with Gasteiger partial charge in [-0.2, -0.15) is 0 Å². The largest absolute Gasteiger partial charge is 0.381 e. The second kappa shape index (κ2) is 30.9. The van der Waals surface area contributed by atoms with E-state index in [1.165, 1.54) is 292 Å². The van der Waals surface area contributed by atoms with Gasteiger partial charge in [0.2, 0.25) is 0 Å². The summed E-state index contributed by atoms with van der Waals surface area (Å²) in [7, 11) is 0. The van der Waals surface area contributed by atoms with Crippen molar-refractivity contribution in [1.29, 1.82) is 0 Å². The molecule has 6 aliphatic rings. The molecule has 0 atom stereocenters. The quantitative estimate of drug-likeness (QED) is 0.0459. The van der Waals surface area contributed by atoms with Gasteiger partial charge in [-0.15, -0.1) is 0 Å². The fraction of sp³-hybridized carbons (Fsp3) is 1.00. The van der Waals surface area contributed by atoms with Gasteiger partial charge in [-0.3, -0.25) is 0 Å². The molecule has 318 valence electrons. The average molecular weight is 759 g/mol. The van der Waals surface area contributed by atoms with Gasteiger partial charge in [0.25, 0.3) is 0 Å². The van der Waals surface area contributed by atoms with E-state index in [0.717, 1.165) is 38.3 Å². The van der Waals surface area contributed by atoms with Gasteiger partial charge in [-0.05, 0) is 102 Å². The number of fused-ring (bicyclic) bond motifs is 6. The van der Waals surface area contributed by atoms with E-state index in [4.69, 9.17) is 9.47 Å². The molecule has 0 N–H and O–H groups in total. The van der Waals surface area contributed by atoms with E-state index < -0.39 is 0 Å². The van der Waals surface area contributed by atoms with Crippen molar-refractivity contribution < 1.29 is 18.4 Å². The molecule has 0 saturated carbocycles. The van der Waals surface area contributed by atoms with Gasteiger partial charge in [0, 0.05) is 26.4 Å². The van der Waals surface area contributed by atoms with Gasteiger partial charge in [-0.25, -0.2) is 0 Å². The molecule has 6 aliphatic heterocycles. The number of quaternary nitrogens is 2. The first-order valence-electron chi connectivity index (χ1n) is 25.6. The molecule has 0 radical (unpaired) electrons. The lowest BCUT2D eigenvalue weighted by atomic mass is 9.85. The van der Waals surface area contributed by atoms with Crippen LogP contribution in [-0.2, 0) is 9.47 Å². The van der Waals surface area contributed by atoms with Crippen LogP contribution in [0.1, 0.15) is 231 Å². The van der Waals surface area contributed by atoms with Crippen LogP contribution in [0.25, 0.3) is 0 Å².